The number of benzene rings is 1. The molecule has 8 aromatic heterocycles. The fraction of sp³-hybridized carbons (Fsp3) is 0.308. The van der Waals surface area contributed by atoms with E-state index in [1.807, 2.05) is 32.9 Å². The highest BCUT2D eigenvalue weighted by Crippen LogP contribution is 2.37. The highest BCUT2D eigenvalue weighted by Gasteiger charge is 2.40. The van der Waals surface area contributed by atoms with Gasteiger partial charge in [0, 0.05) is 159 Å². The number of rotatable bonds is 17. The van der Waals surface area contributed by atoms with Crippen LogP contribution < -0.4 is 63.8 Å². The first-order valence-electron chi connectivity index (χ1n) is 35.2. The van der Waals surface area contributed by atoms with E-state index < -0.39 is 69.7 Å². The SMILES string of the molecule is C=C(F)c1ccc(N2CCNC(c3ccccc3)C2)nc1C(=O)c1cccnc1N.C=C(F)c1ccc(N2CCNCC2)nc1C(=O)c1cccnc1N.CC(C)(C)C1CN(c2ccc(C(F)(F)F)c(C(=O)c3cccnc3N)n2)CCN1.COCC1CN(c2ccc(C(F)(F)F)c(C(=O)c3cccnc3N)n2)CCN1.[HH].[HH].[HH].[HH].[HH].[HH].[HH].[HH].[HH]. The molecular weight excluding hydrogens is 1450 g/mol. The molecule has 0 saturated carbocycles. The number of nitrogens with two attached hydrogens (primary N) is 4. The number of halogens is 8. The molecule has 13 rings (SSSR count). The fourth-order valence-corrected chi connectivity index (χ4v) is 12.7. The number of aromatic nitrogens is 8. The molecule has 0 spiro atoms. The number of ketones is 4. The zero-order valence-electron chi connectivity index (χ0n) is 61.2. The van der Waals surface area contributed by atoms with Crippen LogP contribution in [0.15, 0.2) is 165 Å². The zero-order valence-corrected chi connectivity index (χ0v) is 61.2. The highest BCUT2D eigenvalue weighted by atomic mass is 19.4. The normalized spacial score (nSPS) is 16.7. The van der Waals surface area contributed by atoms with E-state index in [0.717, 1.165) is 51.4 Å². The van der Waals surface area contributed by atoms with Gasteiger partial charge in [0.15, 0.2) is 0 Å². The van der Waals surface area contributed by atoms with Crippen LogP contribution in [0.4, 0.5) is 81.7 Å². The summed E-state index contributed by atoms with van der Waals surface area (Å²) >= 11 is 0. The first-order chi connectivity index (χ1) is 52.9. The third kappa shape index (κ3) is 20.4. The predicted octanol–water partition coefficient (Wildman–Crippen LogP) is 12.1. The van der Waals surface area contributed by atoms with Gasteiger partial charge in [-0.25, -0.2) is 48.7 Å². The van der Waals surface area contributed by atoms with Crippen LogP contribution in [0.5, 0.6) is 0 Å². The molecule has 0 amide bonds. The van der Waals surface area contributed by atoms with Crippen molar-refractivity contribution in [3.63, 3.8) is 0 Å². The lowest BCUT2D eigenvalue weighted by Gasteiger charge is -2.41. The second-order valence-corrected chi connectivity index (χ2v) is 27.1. The summed E-state index contributed by atoms with van der Waals surface area (Å²) in [6.45, 7) is 22.2. The summed E-state index contributed by atoms with van der Waals surface area (Å²) in [4.78, 5) is 92.0. The number of piperazine rings is 4. The van der Waals surface area contributed by atoms with Gasteiger partial charge in [-0.05, 0) is 108 Å². The van der Waals surface area contributed by atoms with Crippen LogP contribution in [0, 0.1) is 5.41 Å². The number of nitrogen functional groups attached to an aromatic ring is 4. The van der Waals surface area contributed by atoms with Crippen molar-refractivity contribution in [2.75, 3.05) is 141 Å². The van der Waals surface area contributed by atoms with Crippen LogP contribution in [-0.2, 0) is 17.1 Å². The van der Waals surface area contributed by atoms with Crippen molar-refractivity contribution < 1.29 is 71.9 Å². The summed E-state index contributed by atoms with van der Waals surface area (Å²) in [5.74, 6) is -2.43. The molecule has 3 atom stereocenters. The molecule has 111 heavy (non-hydrogen) atoms. The van der Waals surface area contributed by atoms with Crippen molar-refractivity contribution in [1.29, 1.82) is 0 Å². The predicted molar refractivity (Wildman–Crippen MR) is 428 cm³/mol. The van der Waals surface area contributed by atoms with Crippen molar-refractivity contribution in [3.05, 3.63) is 238 Å². The molecule has 4 aliphatic rings. The number of carbonyl (C=O) groups is 4. The maximum Gasteiger partial charge on any atom is 0.418 e. The summed E-state index contributed by atoms with van der Waals surface area (Å²) in [5.41, 5.74) is 20.9. The number of alkyl halides is 6. The first-order valence-corrected chi connectivity index (χ1v) is 35.2. The third-order valence-electron chi connectivity index (χ3n) is 18.5. The summed E-state index contributed by atoms with van der Waals surface area (Å²) in [6.07, 6.45) is -3.73. The van der Waals surface area contributed by atoms with E-state index in [1.54, 1.807) is 49.6 Å². The van der Waals surface area contributed by atoms with Gasteiger partial charge >= 0.3 is 12.4 Å². The van der Waals surface area contributed by atoms with E-state index in [0.29, 0.717) is 75.7 Å². The van der Waals surface area contributed by atoms with E-state index in [1.165, 1.54) is 72.8 Å². The number of carbonyl (C=O) groups excluding carboxylic acids is 4. The van der Waals surface area contributed by atoms with Gasteiger partial charge in [0.25, 0.3) is 0 Å². The molecule has 12 N–H and O–H groups in total. The number of ether oxygens (including phenoxy) is 1. The Balaban J connectivity index is 0.000000783. The maximum absolute atomic E-state index is 14.1. The van der Waals surface area contributed by atoms with E-state index in [9.17, 15) is 54.3 Å². The summed E-state index contributed by atoms with van der Waals surface area (Å²) in [7, 11) is 1.58. The molecule has 33 heteroatoms. The smallest absolute Gasteiger partial charge is 0.383 e. The van der Waals surface area contributed by atoms with E-state index in [4.69, 9.17) is 27.7 Å². The molecule has 9 aromatic rings. The Morgan fingerprint density at radius 2 is 0.811 bits per heavy atom. The molecule has 4 saturated heterocycles. The number of nitrogens with one attached hydrogen (secondary N) is 4. The maximum atomic E-state index is 14.1. The van der Waals surface area contributed by atoms with Crippen LogP contribution in [0.25, 0.3) is 11.7 Å². The lowest BCUT2D eigenvalue weighted by Crippen LogP contribution is -2.56. The molecule has 0 aliphatic carbocycles. The Kier molecular flexibility index (Phi) is 26.6. The van der Waals surface area contributed by atoms with Crippen LogP contribution in [0.3, 0.4) is 0 Å². The molecule has 0 bridgehead atoms. The average Bonchev–Trinajstić information content (AvgIpc) is 0.794. The molecule has 25 nitrogen and oxygen atoms in total. The van der Waals surface area contributed by atoms with Crippen LogP contribution in [0.1, 0.15) is 132 Å². The lowest BCUT2D eigenvalue weighted by atomic mass is 9.85. The quantitative estimate of drug-likeness (QED) is 0.0310. The number of hydrogen-bond donors (Lipinski definition) is 8. The molecular formula is C78H102F8N20O5. The van der Waals surface area contributed by atoms with Crippen molar-refractivity contribution in [2.45, 2.75) is 51.2 Å². The van der Waals surface area contributed by atoms with E-state index >= 15 is 0 Å². The van der Waals surface area contributed by atoms with Crippen molar-refractivity contribution in [3.8, 4) is 0 Å². The Bertz CT molecular complexity index is 4880. The molecule has 4 fully saturated rings. The van der Waals surface area contributed by atoms with Gasteiger partial charge in [0.05, 0.1) is 40.0 Å². The Hall–Kier alpha value is -11.8. The van der Waals surface area contributed by atoms with Gasteiger partial charge in [-0.15, -0.1) is 0 Å². The standard InChI is InChI=1S/C23H22FN5O.C20H24F3N5O.C18H20F3N5O2.C17H18FN5O.9H2/c1-15(24)17-9-10-20(28-21(17)22(30)18-8-5-11-27-23(18)25)29-13-12-26-19(14-29)16-6-3-2-4-7-16;1-19(2,3)14-11-28(10-9-25-14)15-7-6-13(20(21,22)23)16(27-15)17(29)12-5-4-8-26-18(12)24;1-28-10-11-9-26(8-7-23-11)14-5-4-13(18(19,20)21)15(25-14)16(27)12-3-2-6-24-17(12)22;1-11(18)12-4-5-14(23-9-7-20-8-10-23)22-15(12)16(24)13-3-2-6-21-17(13)19;;;;;;;;;/h2-11,19,26H,1,12-14H2,(H2,25,27);4-8,14,25H,9-11H2,1-3H3,(H2,24,26);2-6,11,23H,7-10H2,1H3,(H2,22,24);2-6,20H,1,7-10H2,(H2,19,21);9*1H. The summed E-state index contributed by atoms with van der Waals surface area (Å²) in [5, 5.41) is 13.4. The monoisotopic (exact) mass is 1550 g/mol. The van der Waals surface area contributed by atoms with Gasteiger partial charge < -0.3 is 68.5 Å². The molecule has 1 aromatic carbocycles. The second-order valence-electron chi connectivity index (χ2n) is 27.1. The summed E-state index contributed by atoms with van der Waals surface area (Å²) < 4.78 is 114. The third-order valence-corrected chi connectivity index (χ3v) is 18.5. The zero-order chi connectivity index (χ0) is 79.9. The van der Waals surface area contributed by atoms with Crippen molar-refractivity contribution in [1.82, 2.24) is 61.1 Å². The Morgan fingerprint density at radius 3 is 1.21 bits per heavy atom. The highest BCUT2D eigenvalue weighted by molar-refractivity contribution is 6.14. The van der Waals surface area contributed by atoms with Crippen LogP contribution in [0.2, 0.25) is 0 Å². The van der Waals surface area contributed by atoms with Gasteiger partial charge in [-0.1, -0.05) is 64.3 Å². The molecule has 3 unspecified atom stereocenters. The number of hydrogen-bond acceptors (Lipinski definition) is 25. The first kappa shape index (κ1) is 81.7. The van der Waals surface area contributed by atoms with Crippen LogP contribution in [-0.4, -0.2) is 174 Å². The van der Waals surface area contributed by atoms with Crippen LogP contribution >= 0.6 is 0 Å². The molecule has 12 heterocycles. The average molecular weight is 1550 g/mol. The van der Waals surface area contributed by atoms with Gasteiger partial charge in [-0.3, -0.25) is 19.2 Å². The van der Waals surface area contributed by atoms with Crippen molar-refractivity contribution >= 4 is 81.3 Å². The minimum atomic E-state index is -4.73. The van der Waals surface area contributed by atoms with E-state index in [-0.39, 0.29) is 104 Å². The Morgan fingerprint density at radius 1 is 0.450 bits per heavy atom. The minimum Gasteiger partial charge on any atom is -0.383 e. The molecule has 600 valence electrons. The molecule has 0 radical (unpaired) electrons. The lowest BCUT2D eigenvalue weighted by molar-refractivity contribution is -0.138. The number of anilines is 8. The van der Waals surface area contributed by atoms with Crippen molar-refractivity contribution in [2.24, 2.45) is 5.41 Å². The van der Waals surface area contributed by atoms with E-state index in [2.05, 4.69) is 112 Å². The molecule has 4 aliphatic heterocycles. The fourth-order valence-electron chi connectivity index (χ4n) is 12.7. The largest absolute Gasteiger partial charge is 0.418 e. The van der Waals surface area contributed by atoms with Gasteiger partial charge in [0.2, 0.25) is 23.1 Å². The van der Waals surface area contributed by atoms with Gasteiger partial charge in [0.1, 0.15) is 81.0 Å². The minimum absolute atomic E-state index is 0. The Labute approximate surface area is 648 Å². The topological polar surface area (TPSA) is 346 Å². The van der Waals surface area contributed by atoms with Gasteiger partial charge in [-0.2, -0.15) is 26.3 Å². The number of pyridine rings is 8. The summed E-state index contributed by atoms with van der Waals surface area (Å²) in [6, 6.07) is 33.2. The second kappa shape index (κ2) is 36.2. The number of nitrogens with zero attached hydrogens (tertiary/aromatic N) is 12. The number of methoxy groups -OCH3 is 1.